The molecule has 2 N–H and O–H groups in total. The highest BCUT2D eigenvalue weighted by molar-refractivity contribution is 7.89. The molecule has 1 aliphatic rings. The normalized spacial score (nSPS) is 18.2. The fraction of sp³-hybridized carbons (Fsp3) is 0.423. The van der Waals surface area contributed by atoms with Crippen LogP contribution in [0.15, 0.2) is 53.7 Å². The lowest BCUT2D eigenvalue weighted by molar-refractivity contribution is -0.116. The fourth-order valence-electron chi connectivity index (χ4n) is 4.40. The Labute approximate surface area is 237 Å². The molecule has 2 heterocycles. The first-order valence-corrected chi connectivity index (χ1v) is 14.3. The lowest BCUT2D eigenvalue weighted by atomic mass is 9.99. The van der Waals surface area contributed by atoms with Crippen molar-refractivity contribution in [1.82, 2.24) is 29.4 Å². The predicted octanol–water partition coefficient (Wildman–Crippen LogP) is 0.861. The molecule has 14 nitrogen and oxygen atoms in total. The van der Waals surface area contributed by atoms with Gasteiger partial charge in [-0.05, 0) is 59.8 Å². The number of sulfonamides is 1. The minimum Gasteiger partial charge on any atom is -0.497 e. The molecule has 0 spiro atoms. The summed E-state index contributed by atoms with van der Waals surface area (Å²) < 4.78 is 40.5. The van der Waals surface area contributed by atoms with Crippen molar-refractivity contribution >= 4 is 27.5 Å². The van der Waals surface area contributed by atoms with Crippen LogP contribution in [0.4, 0.5) is 5.69 Å². The van der Waals surface area contributed by atoms with E-state index in [-0.39, 0.29) is 54.3 Å². The van der Waals surface area contributed by atoms with Crippen LogP contribution in [0.25, 0.3) is 0 Å². The zero-order chi connectivity index (χ0) is 29.7. The smallest absolute Gasteiger partial charge is 0.258 e. The van der Waals surface area contributed by atoms with E-state index in [0.717, 1.165) is 0 Å². The van der Waals surface area contributed by atoms with Gasteiger partial charge < -0.3 is 24.8 Å². The Morgan fingerprint density at radius 2 is 2.00 bits per heavy atom. The summed E-state index contributed by atoms with van der Waals surface area (Å²) in [6.45, 7) is 3.39. The maximum atomic E-state index is 13.6. The van der Waals surface area contributed by atoms with Crippen molar-refractivity contribution in [3.63, 3.8) is 0 Å². The largest absolute Gasteiger partial charge is 0.497 e. The van der Waals surface area contributed by atoms with E-state index in [4.69, 9.17) is 9.47 Å². The van der Waals surface area contributed by atoms with Crippen molar-refractivity contribution in [3.05, 3.63) is 54.4 Å². The van der Waals surface area contributed by atoms with Crippen LogP contribution in [0.5, 0.6) is 11.5 Å². The lowest BCUT2D eigenvalue weighted by Gasteiger charge is -2.38. The van der Waals surface area contributed by atoms with Crippen molar-refractivity contribution < 1.29 is 32.6 Å². The summed E-state index contributed by atoms with van der Waals surface area (Å²) in [6, 6.07) is 10.2. The van der Waals surface area contributed by atoms with Crippen LogP contribution >= 0.6 is 0 Å². The molecule has 3 atom stereocenters. The number of methoxy groups -OCH3 is 1. The minimum atomic E-state index is -3.86. The number of benzene rings is 2. The van der Waals surface area contributed by atoms with Crippen molar-refractivity contribution in [1.29, 1.82) is 0 Å². The topological polar surface area (TPSA) is 169 Å². The molecule has 0 fully saturated rings. The number of likely N-dealkylation sites (N-methyl/N-ethyl adjacent to an activating group) is 1. The summed E-state index contributed by atoms with van der Waals surface area (Å²) in [4.78, 5) is 27.7. The number of anilines is 1. The number of nitrogens with zero attached hydrogens (tertiary/aromatic N) is 6. The average molecular weight is 588 g/mol. The Hall–Kier alpha value is -4.08. The first-order chi connectivity index (χ1) is 19.5. The number of fused-ring (bicyclic) bond motifs is 1. The second-order valence-electron chi connectivity index (χ2n) is 9.85. The molecule has 3 aromatic rings. The van der Waals surface area contributed by atoms with Crippen molar-refractivity contribution in [2.75, 3.05) is 39.2 Å². The molecule has 41 heavy (non-hydrogen) atoms. The van der Waals surface area contributed by atoms with Gasteiger partial charge in [0.15, 0.2) is 0 Å². The van der Waals surface area contributed by atoms with E-state index in [1.54, 1.807) is 31.2 Å². The Bertz CT molecular complexity index is 1470. The first-order valence-electron chi connectivity index (χ1n) is 12.9. The third-order valence-electron chi connectivity index (χ3n) is 6.85. The van der Waals surface area contributed by atoms with E-state index < -0.39 is 28.1 Å². The van der Waals surface area contributed by atoms with Gasteiger partial charge in [0.2, 0.25) is 15.9 Å². The molecule has 4 rings (SSSR count). The number of aromatic nitrogens is 4. The molecule has 15 heteroatoms. The number of carbonyl (C=O) groups is 2. The number of carbonyl (C=O) groups excluding carboxylic acids is 2. The van der Waals surface area contributed by atoms with E-state index in [1.165, 1.54) is 52.6 Å². The van der Waals surface area contributed by atoms with E-state index in [9.17, 15) is 23.1 Å². The van der Waals surface area contributed by atoms with Gasteiger partial charge in [-0.15, -0.1) is 5.10 Å². The quantitative estimate of drug-likeness (QED) is 0.347. The molecule has 0 saturated carbocycles. The third kappa shape index (κ3) is 6.81. The molecule has 2 amide bonds. The number of amides is 2. The summed E-state index contributed by atoms with van der Waals surface area (Å²) >= 11 is 0. The van der Waals surface area contributed by atoms with Crippen LogP contribution in [-0.4, -0.2) is 101 Å². The Kier molecular flexibility index (Phi) is 9.20. The van der Waals surface area contributed by atoms with E-state index >= 15 is 0 Å². The zero-order valence-corrected chi connectivity index (χ0v) is 24.0. The zero-order valence-electron chi connectivity index (χ0n) is 23.2. The van der Waals surface area contributed by atoms with Crippen molar-refractivity contribution in [2.24, 2.45) is 5.92 Å². The molecule has 1 aromatic heterocycles. The molecule has 0 radical (unpaired) electrons. The van der Waals surface area contributed by atoms with Gasteiger partial charge in [0.25, 0.3) is 5.91 Å². The summed E-state index contributed by atoms with van der Waals surface area (Å²) in [6.07, 6.45) is 0.659. The van der Waals surface area contributed by atoms with Gasteiger partial charge in [-0.3, -0.25) is 9.59 Å². The highest BCUT2D eigenvalue weighted by Gasteiger charge is 2.35. The number of tetrazole rings is 1. The van der Waals surface area contributed by atoms with Crippen molar-refractivity contribution in [3.8, 4) is 11.5 Å². The SMILES string of the molecule is COc1ccc(S(=O)(=O)N(C)C[C@@H]2Oc3ccc(NC(=O)Cn4cnnn4)cc3C(=O)N([C@H](C)CO)C[C@H]2C)cc1. The maximum absolute atomic E-state index is 13.6. The summed E-state index contributed by atoms with van der Waals surface area (Å²) in [7, 11) is -0.888. The van der Waals surface area contributed by atoms with Crippen LogP contribution in [0.2, 0.25) is 0 Å². The van der Waals surface area contributed by atoms with E-state index in [1.807, 2.05) is 6.92 Å². The summed E-state index contributed by atoms with van der Waals surface area (Å²) in [5.41, 5.74) is 0.517. The van der Waals surface area contributed by atoms with E-state index in [0.29, 0.717) is 11.4 Å². The third-order valence-corrected chi connectivity index (χ3v) is 8.69. The van der Waals surface area contributed by atoms with Crippen LogP contribution < -0.4 is 14.8 Å². The van der Waals surface area contributed by atoms with Gasteiger partial charge >= 0.3 is 0 Å². The number of hydrogen-bond acceptors (Lipinski definition) is 10. The van der Waals surface area contributed by atoms with Gasteiger partial charge in [-0.25, -0.2) is 13.1 Å². The second kappa shape index (κ2) is 12.6. The standard InChI is InChI=1S/C26H33N7O7S/c1-17-12-33(18(2)15-34)26(36)22-11-19(28-25(35)14-32-16-27-29-30-32)5-10-23(22)40-24(17)13-31(3)41(37,38)21-8-6-20(39-4)7-9-21/h5-11,16-18,24,34H,12-15H2,1-4H3,(H,28,35)/t17-,18-,24+/m1/s1. The molecule has 0 bridgehead atoms. The molecule has 0 saturated heterocycles. The van der Waals surface area contributed by atoms with Crippen LogP contribution in [-0.2, 0) is 21.4 Å². The second-order valence-corrected chi connectivity index (χ2v) is 11.9. The fourth-order valence-corrected chi connectivity index (χ4v) is 5.58. The number of hydrogen-bond donors (Lipinski definition) is 2. The van der Waals surface area contributed by atoms with Crippen LogP contribution in [0.3, 0.4) is 0 Å². The minimum absolute atomic E-state index is 0.00503. The summed E-state index contributed by atoms with van der Waals surface area (Å²) in [5, 5.41) is 23.2. The number of aliphatic hydroxyl groups is 1. The number of aliphatic hydroxyl groups excluding tert-OH is 1. The molecular weight excluding hydrogens is 554 g/mol. The maximum Gasteiger partial charge on any atom is 0.258 e. The lowest BCUT2D eigenvalue weighted by Crippen LogP contribution is -2.50. The first kappa shape index (κ1) is 29.9. The van der Waals surface area contributed by atoms with Crippen LogP contribution in [0, 0.1) is 5.92 Å². The highest BCUT2D eigenvalue weighted by atomic mass is 32.2. The van der Waals surface area contributed by atoms with E-state index in [2.05, 4.69) is 20.8 Å². The van der Waals surface area contributed by atoms with Gasteiger partial charge in [0.05, 0.1) is 36.8 Å². The molecule has 0 unspecified atom stereocenters. The molecule has 220 valence electrons. The number of ether oxygens (including phenoxy) is 2. The number of nitrogens with one attached hydrogen (secondary N) is 1. The Balaban J connectivity index is 1.61. The highest BCUT2D eigenvalue weighted by Crippen LogP contribution is 2.31. The molecule has 2 aromatic carbocycles. The van der Waals surface area contributed by atoms with Gasteiger partial charge in [-0.1, -0.05) is 6.92 Å². The van der Waals surface area contributed by atoms with Gasteiger partial charge in [0, 0.05) is 25.2 Å². The van der Waals surface area contributed by atoms with Gasteiger partial charge in [-0.2, -0.15) is 4.31 Å². The Morgan fingerprint density at radius 1 is 1.27 bits per heavy atom. The number of rotatable bonds is 10. The summed E-state index contributed by atoms with van der Waals surface area (Å²) in [5.74, 6) is -0.328. The monoisotopic (exact) mass is 587 g/mol. The molecular formula is C26H33N7O7S. The Morgan fingerprint density at radius 3 is 2.63 bits per heavy atom. The molecule has 0 aliphatic carbocycles. The van der Waals surface area contributed by atoms with Gasteiger partial charge in [0.1, 0.15) is 30.5 Å². The van der Waals surface area contributed by atoms with Crippen LogP contribution in [0.1, 0.15) is 24.2 Å². The molecule has 1 aliphatic heterocycles. The van der Waals surface area contributed by atoms with Crippen molar-refractivity contribution in [2.45, 2.75) is 37.4 Å². The predicted molar refractivity (Wildman–Crippen MR) is 147 cm³/mol. The average Bonchev–Trinajstić information content (AvgIpc) is 3.47.